The van der Waals surface area contributed by atoms with Crippen LogP contribution in [0.4, 0.5) is 0 Å². The summed E-state index contributed by atoms with van der Waals surface area (Å²) in [5.74, 6) is 0. The van der Waals surface area contributed by atoms with Crippen LogP contribution < -0.4 is 10.6 Å². The predicted molar refractivity (Wildman–Crippen MR) is 44.6 cm³/mol. The van der Waals surface area contributed by atoms with Gasteiger partial charge in [0, 0.05) is 0 Å². The lowest BCUT2D eigenvalue weighted by atomic mass is 10.3. The molecule has 0 radical (unpaired) electrons. The minimum atomic E-state index is 0. The van der Waals surface area contributed by atoms with Crippen LogP contribution in [0, 0.1) is 0 Å². The van der Waals surface area contributed by atoms with Crippen molar-refractivity contribution in [1.29, 1.82) is 0 Å². The Morgan fingerprint density at radius 2 is 2.11 bits per heavy atom. The molecule has 0 unspecified atom stereocenters. The lowest BCUT2D eigenvalue weighted by Crippen LogP contribution is -2.34. The second kappa shape index (κ2) is 6.62. The van der Waals surface area contributed by atoms with Gasteiger partial charge in [0.1, 0.15) is 0 Å². The topological polar surface area (TPSA) is 24.1 Å². The Bertz CT molecular complexity index is 54.9. The average molecular weight is 173 g/mol. The third-order valence-corrected chi connectivity index (χ3v) is 1.41. The molecular formula is C5H14Cl2N2. The van der Waals surface area contributed by atoms with Crippen LogP contribution in [0.15, 0.2) is 0 Å². The maximum Gasteiger partial charge on any atom is 0.0569 e. The minimum Gasteiger partial charge on any atom is -0.305 e. The van der Waals surface area contributed by atoms with Gasteiger partial charge in [-0.25, -0.2) is 0 Å². The molecule has 1 aliphatic rings. The summed E-state index contributed by atoms with van der Waals surface area (Å²) in [6.45, 7) is 1.19. The van der Waals surface area contributed by atoms with Crippen molar-refractivity contribution >= 4 is 24.8 Å². The Hall–Kier alpha value is 0.500. The molecule has 1 saturated heterocycles. The van der Waals surface area contributed by atoms with Crippen molar-refractivity contribution < 1.29 is 0 Å². The van der Waals surface area contributed by atoms with E-state index < -0.39 is 0 Å². The third kappa shape index (κ3) is 3.98. The Balaban J connectivity index is 0. The van der Waals surface area contributed by atoms with E-state index in [0.717, 1.165) is 0 Å². The van der Waals surface area contributed by atoms with Gasteiger partial charge in [-0.3, -0.25) is 0 Å². The second-order valence-corrected chi connectivity index (χ2v) is 1.94. The van der Waals surface area contributed by atoms with Gasteiger partial charge in [0.05, 0.1) is 6.17 Å². The fourth-order valence-electron chi connectivity index (χ4n) is 0.931. The number of hydrogen-bond donors (Lipinski definition) is 2. The Kier molecular flexibility index (Phi) is 8.97. The predicted octanol–water partition coefficient (Wildman–Crippen LogP) is 0.759. The largest absolute Gasteiger partial charge is 0.305 e. The van der Waals surface area contributed by atoms with Gasteiger partial charge in [-0.2, -0.15) is 0 Å². The van der Waals surface area contributed by atoms with Crippen molar-refractivity contribution in [2.24, 2.45) is 0 Å². The summed E-state index contributed by atoms with van der Waals surface area (Å²) in [5, 5.41) is 6.45. The van der Waals surface area contributed by atoms with Crippen molar-refractivity contribution in [3.05, 3.63) is 0 Å². The van der Waals surface area contributed by atoms with E-state index in [2.05, 4.69) is 10.6 Å². The molecule has 0 saturated carbocycles. The molecule has 1 aliphatic heterocycles. The van der Waals surface area contributed by atoms with Crippen molar-refractivity contribution in [2.45, 2.75) is 19.0 Å². The highest BCUT2D eigenvalue weighted by Gasteiger charge is 2.09. The van der Waals surface area contributed by atoms with Crippen molar-refractivity contribution in [3.8, 4) is 0 Å². The van der Waals surface area contributed by atoms with Gasteiger partial charge in [-0.1, -0.05) is 0 Å². The maximum atomic E-state index is 3.30. The highest BCUT2D eigenvalue weighted by molar-refractivity contribution is 5.85. The molecule has 0 aromatic rings. The fraction of sp³-hybridized carbons (Fsp3) is 1.00. The van der Waals surface area contributed by atoms with Gasteiger partial charge in [0.15, 0.2) is 0 Å². The van der Waals surface area contributed by atoms with Gasteiger partial charge < -0.3 is 10.6 Å². The molecule has 1 fully saturated rings. The van der Waals surface area contributed by atoms with E-state index >= 15 is 0 Å². The van der Waals surface area contributed by atoms with Crippen LogP contribution in [0.25, 0.3) is 0 Å². The molecule has 9 heavy (non-hydrogen) atoms. The highest BCUT2D eigenvalue weighted by Crippen LogP contribution is 1.99. The van der Waals surface area contributed by atoms with Crippen LogP contribution in [0.2, 0.25) is 0 Å². The van der Waals surface area contributed by atoms with Crippen LogP contribution in [0.5, 0.6) is 0 Å². The number of rotatable bonds is 1. The quantitative estimate of drug-likeness (QED) is 0.611. The van der Waals surface area contributed by atoms with E-state index in [1.807, 2.05) is 7.05 Å². The number of hydrogen-bond acceptors (Lipinski definition) is 2. The van der Waals surface area contributed by atoms with E-state index in [-0.39, 0.29) is 24.8 Å². The summed E-state index contributed by atoms with van der Waals surface area (Å²) in [6, 6.07) is 0. The van der Waals surface area contributed by atoms with E-state index in [1.54, 1.807) is 0 Å². The van der Waals surface area contributed by atoms with Crippen LogP contribution >= 0.6 is 24.8 Å². The van der Waals surface area contributed by atoms with E-state index in [1.165, 1.54) is 19.4 Å². The number of nitrogens with one attached hydrogen (secondary N) is 2. The van der Waals surface area contributed by atoms with Crippen molar-refractivity contribution in [2.75, 3.05) is 13.6 Å². The zero-order valence-electron chi connectivity index (χ0n) is 5.52. The molecule has 0 aromatic heterocycles. The third-order valence-electron chi connectivity index (χ3n) is 1.41. The summed E-state index contributed by atoms with van der Waals surface area (Å²) in [5.41, 5.74) is 0. The molecule has 0 spiro atoms. The summed E-state index contributed by atoms with van der Waals surface area (Å²) in [7, 11) is 1.99. The van der Waals surface area contributed by atoms with Crippen LogP contribution in [-0.2, 0) is 0 Å². The zero-order valence-corrected chi connectivity index (χ0v) is 7.15. The van der Waals surface area contributed by atoms with Crippen molar-refractivity contribution in [3.63, 3.8) is 0 Å². The lowest BCUT2D eigenvalue weighted by molar-refractivity contribution is 0.530. The number of halogens is 2. The SMILES string of the molecule is CN[C@H]1CCCN1.Cl.Cl. The molecular weight excluding hydrogens is 159 g/mol. The first-order valence-electron chi connectivity index (χ1n) is 2.84. The van der Waals surface area contributed by atoms with Gasteiger partial charge in [0.25, 0.3) is 0 Å². The molecule has 2 nitrogen and oxygen atoms in total. The fourth-order valence-corrected chi connectivity index (χ4v) is 0.931. The van der Waals surface area contributed by atoms with Gasteiger partial charge in [-0.05, 0) is 26.4 Å². The van der Waals surface area contributed by atoms with Crippen LogP contribution in [-0.4, -0.2) is 19.8 Å². The van der Waals surface area contributed by atoms with Gasteiger partial charge >= 0.3 is 0 Å². The first kappa shape index (κ1) is 12.2. The zero-order chi connectivity index (χ0) is 5.11. The van der Waals surface area contributed by atoms with E-state index in [4.69, 9.17) is 0 Å². The average Bonchev–Trinajstić information content (AvgIpc) is 2.14. The molecule has 1 atom stereocenters. The van der Waals surface area contributed by atoms with Crippen molar-refractivity contribution in [1.82, 2.24) is 10.6 Å². The Labute approximate surface area is 68.6 Å². The van der Waals surface area contributed by atoms with E-state index in [0.29, 0.717) is 6.17 Å². The molecule has 0 amide bonds. The monoisotopic (exact) mass is 172 g/mol. The summed E-state index contributed by atoms with van der Waals surface area (Å²) >= 11 is 0. The molecule has 2 N–H and O–H groups in total. The molecule has 0 bridgehead atoms. The minimum absolute atomic E-state index is 0. The maximum absolute atomic E-state index is 3.30. The molecule has 1 rings (SSSR count). The second-order valence-electron chi connectivity index (χ2n) is 1.94. The first-order valence-corrected chi connectivity index (χ1v) is 2.84. The molecule has 0 aromatic carbocycles. The summed E-state index contributed by atoms with van der Waals surface area (Å²) < 4.78 is 0. The standard InChI is InChI=1S/C5H12N2.2ClH/c1-6-5-3-2-4-7-5;;/h5-7H,2-4H2,1H3;2*1H/t5-;;/m1../s1. The summed E-state index contributed by atoms with van der Waals surface area (Å²) in [4.78, 5) is 0. The van der Waals surface area contributed by atoms with Crippen LogP contribution in [0.3, 0.4) is 0 Å². The van der Waals surface area contributed by atoms with Gasteiger partial charge in [0.2, 0.25) is 0 Å². The Morgan fingerprint density at radius 1 is 1.44 bits per heavy atom. The smallest absolute Gasteiger partial charge is 0.0569 e. The Morgan fingerprint density at radius 3 is 2.33 bits per heavy atom. The van der Waals surface area contributed by atoms with E-state index in [9.17, 15) is 0 Å². The lowest BCUT2D eigenvalue weighted by Gasteiger charge is -2.05. The van der Waals surface area contributed by atoms with Crippen LogP contribution in [0.1, 0.15) is 12.8 Å². The summed E-state index contributed by atoms with van der Waals surface area (Å²) in [6.07, 6.45) is 3.21. The normalized spacial score (nSPS) is 24.3. The molecule has 4 heteroatoms. The molecule has 0 aliphatic carbocycles. The molecule has 1 heterocycles. The highest BCUT2D eigenvalue weighted by atomic mass is 35.5. The van der Waals surface area contributed by atoms with Gasteiger partial charge in [-0.15, -0.1) is 24.8 Å². The first-order chi connectivity index (χ1) is 3.43. The molecule has 58 valence electrons.